The molecule has 0 bridgehead atoms. The van der Waals surface area contributed by atoms with Crippen LogP contribution in [0.1, 0.15) is 27.0 Å². The molecule has 16 nitrogen and oxygen atoms in total. The number of amides is 6. The lowest BCUT2D eigenvalue weighted by molar-refractivity contribution is -0.384. The third-order valence-electron chi connectivity index (χ3n) is 9.28. The van der Waals surface area contributed by atoms with Gasteiger partial charge in [0.2, 0.25) is 29.5 Å². The van der Waals surface area contributed by atoms with Crippen molar-refractivity contribution in [3.8, 4) is 11.1 Å². The summed E-state index contributed by atoms with van der Waals surface area (Å²) in [6.07, 6.45) is 0.668. The van der Waals surface area contributed by atoms with Gasteiger partial charge in [0.05, 0.1) is 17.5 Å². The van der Waals surface area contributed by atoms with Gasteiger partial charge >= 0.3 is 0 Å². The lowest BCUT2D eigenvalue weighted by atomic mass is 10.0. The number of benzene rings is 4. The van der Waals surface area contributed by atoms with Crippen molar-refractivity contribution in [3.05, 3.63) is 135 Å². The third-order valence-corrected chi connectivity index (χ3v) is 11.7. The van der Waals surface area contributed by atoms with E-state index in [2.05, 4.69) is 50.8 Å². The molecule has 308 valence electrons. The van der Waals surface area contributed by atoms with E-state index in [0.29, 0.717) is 29.7 Å². The average molecular weight is 841 g/mol. The average Bonchev–Trinajstić information content (AvgIpc) is 3.23. The summed E-state index contributed by atoms with van der Waals surface area (Å²) in [6, 6.07) is 25.8. The summed E-state index contributed by atoms with van der Waals surface area (Å²) in [5, 5.41) is 24.2. The first-order chi connectivity index (χ1) is 28.4. The molecule has 5 rings (SSSR count). The van der Waals surface area contributed by atoms with Crippen LogP contribution in [0.5, 0.6) is 0 Å². The second-order valence-corrected chi connectivity index (χ2v) is 16.2. The smallest absolute Gasteiger partial charge is 0.269 e. The lowest BCUT2D eigenvalue weighted by Gasteiger charge is -2.24. The van der Waals surface area contributed by atoms with E-state index in [1.54, 1.807) is 24.3 Å². The van der Waals surface area contributed by atoms with Crippen LogP contribution in [0.15, 0.2) is 103 Å². The van der Waals surface area contributed by atoms with Gasteiger partial charge in [-0.05, 0) is 52.8 Å². The van der Waals surface area contributed by atoms with Crippen LogP contribution >= 0.6 is 21.6 Å². The Balaban J connectivity index is 1.13. The van der Waals surface area contributed by atoms with Crippen molar-refractivity contribution < 1.29 is 33.7 Å². The highest BCUT2D eigenvalue weighted by molar-refractivity contribution is 8.76. The minimum absolute atomic E-state index is 0.00271. The zero-order valence-electron chi connectivity index (χ0n) is 31.8. The minimum Gasteiger partial charge on any atom is -0.368 e. The van der Waals surface area contributed by atoms with E-state index >= 15 is 0 Å². The highest BCUT2D eigenvalue weighted by atomic mass is 33.1. The summed E-state index contributed by atoms with van der Waals surface area (Å²) in [5.74, 6) is -3.84. The van der Waals surface area contributed by atoms with Crippen molar-refractivity contribution in [2.24, 2.45) is 11.5 Å². The lowest BCUT2D eigenvalue weighted by Crippen LogP contribution is -2.57. The SMILES string of the molecule is NC(=O)[C@H]1CSSC[C@@H](NC(=O)[C@@H](N)Cc2ccc(C(=O)NCCc3ccc(-c4ccccc4)cc3)cc2)C(=O)NCC(=O)N[C@@H](Cc2ccc([N+](=O)[O-])cc2)C(=O)N1. The largest absolute Gasteiger partial charge is 0.368 e. The maximum Gasteiger partial charge on any atom is 0.269 e. The van der Waals surface area contributed by atoms with Gasteiger partial charge in [-0.15, -0.1) is 0 Å². The predicted molar refractivity (Wildman–Crippen MR) is 226 cm³/mol. The first kappa shape index (κ1) is 43.9. The van der Waals surface area contributed by atoms with E-state index in [1.165, 1.54) is 24.3 Å². The number of nitro benzene ring substituents is 1. The topological polar surface area (TPSA) is 258 Å². The molecule has 0 radical (unpaired) electrons. The number of primary amides is 1. The van der Waals surface area contributed by atoms with Gasteiger partial charge in [-0.1, -0.05) is 100 Å². The fourth-order valence-corrected chi connectivity index (χ4v) is 8.29. The van der Waals surface area contributed by atoms with Crippen molar-refractivity contribution in [2.45, 2.75) is 43.4 Å². The van der Waals surface area contributed by atoms with Gasteiger partial charge < -0.3 is 38.1 Å². The molecule has 1 aliphatic rings. The zero-order chi connectivity index (χ0) is 42.3. The molecule has 1 aliphatic heterocycles. The summed E-state index contributed by atoms with van der Waals surface area (Å²) >= 11 is 0. The van der Waals surface area contributed by atoms with Gasteiger partial charge in [-0.2, -0.15) is 0 Å². The molecule has 0 aromatic heterocycles. The molecule has 0 saturated carbocycles. The summed E-state index contributed by atoms with van der Waals surface area (Å²) < 4.78 is 0. The van der Waals surface area contributed by atoms with Crippen LogP contribution in [0.2, 0.25) is 0 Å². The maximum atomic E-state index is 13.3. The molecule has 4 aromatic carbocycles. The van der Waals surface area contributed by atoms with Gasteiger partial charge in [0.15, 0.2) is 0 Å². The molecule has 18 heteroatoms. The number of rotatable bonds is 13. The number of nitrogens with one attached hydrogen (secondary N) is 5. The Labute approximate surface area is 347 Å². The third kappa shape index (κ3) is 13.4. The Bertz CT molecular complexity index is 2120. The zero-order valence-corrected chi connectivity index (χ0v) is 33.4. The van der Waals surface area contributed by atoms with Crippen LogP contribution < -0.4 is 38.1 Å². The fraction of sp³-hybridized carbons (Fsp3) is 0.268. The Morgan fingerprint density at radius 1 is 0.797 bits per heavy atom. The number of nitrogens with two attached hydrogens (primary N) is 2. The predicted octanol–water partition coefficient (Wildman–Crippen LogP) is 1.80. The Hall–Kier alpha value is -6.24. The van der Waals surface area contributed by atoms with E-state index in [4.69, 9.17) is 11.5 Å². The molecule has 0 unspecified atom stereocenters. The molecule has 4 atom stereocenters. The van der Waals surface area contributed by atoms with Crippen LogP contribution in [0, 0.1) is 10.1 Å². The molecule has 4 aromatic rings. The van der Waals surface area contributed by atoms with E-state index in [-0.39, 0.29) is 35.9 Å². The molecule has 59 heavy (non-hydrogen) atoms. The number of nitrogens with zero attached hydrogens (tertiary/aromatic N) is 1. The normalized spacial score (nSPS) is 18.2. The number of non-ortho nitro benzene ring substituents is 1. The molecule has 1 saturated heterocycles. The van der Waals surface area contributed by atoms with Crippen LogP contribution in [0.3, 0.4) is 0 Å². The number of hydrogen-bond donors (Lipinski definition) is 7. The number of carbonyl (C=O) groups excluding carboxylic acids is 6. The molecule has 0 spiro atoms. The van der Waals surface area contributed by atoms with Crippen molar-refractivity contribution in [1.29, 1.82) is 0 Å². The molecule has 6 amide bonds. The van der Waals surface area contributed by atoms with Crippen LogP contribution in [0.4, 0.5) is 5.69 Å². The van der Waals surface area contributed by atoms with Crippen molar-refractivity contribution in [2.75, 3.05) is 24.6 Å². The van der Waals surface area contributed by atoms with Gasteiger partial charge in [0.1, 0.15) is 18.1 Å². The fourth-order valence-electron chi connectivity index (χ4n) is 5.95. The van der Waals surface area contributed by atoms with Crippen LogP contribution in [0.25, 0.3) is 11.1 Å². The second kappa shape index (κ2) is 21.5. The number of nitro groups is 1. The monoisotopic (exact) mass is 840 g/mol. The Morgan fingerprint density at radius 3 is 2.08 bits per heavy atom. The highest BCUT2D eigenvalue weighted by Gasteiger charge is 2.29. The minimum atomic E-state index is -1.23. The highest BCUT2D eigenvalue weighted by Crippen LogP contribution is 2.24. The van der Waals surface area contributed by atoms with E-state index < -0.39 is 65.2 Å². The Morgan fingerprint density at radius 2 is 1.42 bits per heavy atom. The summed E-state index contributed by atoms with van der Waals surface area (Å²) in [4.78, 5) is 88.2. The van der Waals surface area contributed by atoms with Crippen molar-refractivity contribution >= 4 is 62.7 Å². The van der Waals surface area contributed by atoms with Crippen molar-refractivity contribution in [1.82, 2.24) is 26.6 Å². The summed E-state index contributed by atoms with van der Waals surface area (Å²) in [7, 11) is 2.27. The van der Waals surface area contributed by atoms with Gasteiger partial charge in [0.25, 0.3) is 11.6 Å². The van der Waals surface area contributed by atoms with Crippen LogP contribution in [-0.2, 0) is 43.2 Å². The van der Waals surface area contributed by atoms with Gasteiger partial charge in [-0.3, -0.25) is 38.9 Å². The standard InChI is InChI=1S/C41H44N8O8S2/c42-32(20-26-8-14-30(15-9-26)38(52)44-19-18-25-6-12-29(13-7-25)28-4-2-1-3-5-28)39(53)48-35-24-59-58-23-34(37(43)51)47-41(55)33(46-36(50)22-45-40(35)54)21-27-10-16-31(17-11-27)49(56)57/h1-17,32-35H,18-24,42H2,(H2,43,51)(H,44,52)(H,45,54)(H,46,50)(H,47,55)(H,48,53)/t32-,33-,34+,35+/m0/s1. The molecule has 0 aliphatic carbocycles. The molecular formula is C41H44N8O8S2. The van der Waals surface area contributed by atoms with Gasteiger partial charge in [-0.25, -0.2) is 0 Å². The number of carbonyl (C=O) groups is 6. The molecular weight excluding hydrogens is 797 g/mol. The maximum absolute atomic E-state index is 13.3. The quantitative estimate of drug-likeness (QED) is 0.0580. The number of hydrogen-bond acceptors (Lipinski definition) is 11. The Kier molecular flexibility index (Phi) is 16.0. The molecule has 1 heterocycles. The molecule has 1 fully saturated rings. The summed E-state index contributed by atoms with van der Waals surface area (Å²) in [5.41, 5.74) is 16.6. The van der Waals surface area contributed by atoms with Crippen molar-refractivity contribution in [3.63, 3.8) is 0 Å². The molecule has 9 N–H and O–H groups in total. The second-order valence-electron chi connectivity index (χ2n) is 13.6. The summed E-state index contributed by atoms with van der Waals surface area (Å²) in [6.45, 7) is -0.111. The van der Waals surface area contributed by atoms with E-state index in [1.807, 2.05) is 30.3 Å². The first-order valence-electron chi connectivity index (χ1n) is 18.6. The van der Waals surface area contributed by atoms with Crippen LogP contribution in [-0.4, -0.2) is 89.1 Å². The van der Waals surface area contributed by atoms with Gasteiger partial charge in [0, 0.05) is 42.2 Å². The van der Waals surface area contributed by atoms with E-state index in [9.17, 15) is 38.9 Å². The first-order valence-corrected chi connectivity index (χ1v) is 21.1. The van der Waals surface area contributed by atoms with E-state index in [0.717, 1.165) is 38.3 Å².